The smallest absolute Gasteiger partial charge is 0.457 e. The third-order valence-corrected chi connectivity index (χ3v) is 8.07. The number of rotatable bonds is 32. The zero-order valence-corrected chi connectivity index (χ0v) is 29.0. The van der Waals surface area contributed by atoms with Crippen LogP contribution in [-0.2, 0) is 32.7 Å². The lowest BCUT2D eigenvalue weighted by molar-refractivity contribution is -0.153. The fourth-order valence-electron chi connectivity index (χ4n) is 4.40. The Morgan fingerprint density at radius 1 is 0.578 bits per heavy atom. The minimum absolute atomic E-state index is 0.181. The Kier molecular flexibility index (Phi) is 30.0. The number of hydrogen-bond acceptors (Lipinski definition) is 9. The van der Waals surface area contributed by atoms with Gasteiger partial charge in [-0.1, -0.05) is 95.9 Å². The van der Waals surface area contributed by atoms with Crippen molar-refractivity contribution in [1.29, 1.82) is 0 Å². The van der Waals surface area contributed by atoms with Gasteiger partial charge in [0.1, 0.15) is 12.2 Å². The molecule has 11 heteroatoms. The zero-order valence-electron chi connectivity index (χ0n) is 28.1. The topological polar surface area (TPSA) is 149 Å². The predicted octanol–water partition coefficient (Wildman–Crippen LogP) is 7.88. The van der Waals surface area contributed by atoms with Crippen molar-refractivity contribution in [2.75, 3.05) is 26.4 Å². The average Bonchev–Trinajstić information content (AvgIpc) is 3.02. The van der Waals surface area contributed by atoms with Crippen LogP contribution in [0.15, 0.2) is 24.3 Å². The molecule has 0 amide bonds. The Labute approximate surface area is 272 Å². The molecule has 0 fully saturated rings. The van der Waals surface area contributed by atoms with E-state index in [1.807, 2.05) is 0 Å². The molecule has 0 saturated carbocycles. The highest BCUT2D eigenvalue weighted by atomic mass is 31.2. The summed E-state index contributed by atoms with van der Waals surface area (Å²) in [6.07, 6.45) is 26.0. The summed E-state index contributed by atoms with van der Waals surface area (Å²) in [4.78, 5) is 34.2. The van der Waals surface area contributed by atoms with Crippen molar-refractivity contribution in [3.63, 3.8) is 0 Å². The molecule has 0 aliphatic rings. The molecule has 3 N–H and O–H groups in total. The van der Waals surface area contributed by atoms with Crippen molar-refractivity contribution >= 4 is 19.8 Å². The number of phosphoric ester groups is 1. The molecule has 0 aliphatic carbocycles. The van der Waals surface area contributed by atoms with Gasteiger partial charge in [0, 0.05) is 12.8 Å². The Hall–Kier alpha value is -1.55. The molecule has 0 rings (SSSR count). The van der Waals surface area contributed by atoms with E-state index < -0.39 is 58.4 Å². The third kappa shape index (κ3) is 29.6. The first kappa shape index (κ1) is 43.5. The molecule has 0 saturated heterocycles. The minimum atomic E-state index is -4.62. The first-order valence-electron chi connectivity index (χ1n) is 17.3. The molecular weight excluding hydrogens is 599 g/mol. The van der Waals surface area contributed by atoms with Crippen LogP contribution in [0.3, 0.4) is 0 Å². The van der Waals surface area contributed by atoms with Gasteiger partial charge in [-0.05, 0) is 57.8 Å². The first-order valence-corrected chi connectivity index (χ1v) is 18.8. The second-order valence-corrected chi connectivity index (χ2v) is 12.9. The number of ether oxygens (including phenoxy) is 2. The van der Waals surface area contributed by atoms with Gasteiger partial charge in [-0.25, -0.2) is 4.57 Å². The summed E-state index contributed by atoms with van der Waals surface area (Å²) >= 11 is 0. The molecule has 0 aliphatic heterocycles. The molecule has 0 heterocycles. The number of phosphoric acid groups is 1. The van der Waals surface area contributed by atoms with Gasteiger partial charge in [-0.2, -0.15) is 0 Å². The number of carbonyl (C=O) groups is 2. The van der Waals surface area contributed by atoms with Crippen molar-refractivity contribution < 1.29 is 47.8 Å². The molecule has 10 nitrogen and oxygen atoms in total. The van der Waals surface area contributed by atoms with Crippen LogP contribution in [0, 0.1) is 0 Å². The van der Waals surface area contributed by atoms with E-state index >= 15 is 0 Å². The van der Waals surface area contributed by atoms with Crippen LogP contribution in [0.1, 0.15) is 142 Å². The molecule has 45 heavy (non-hydrogen) atoms. The van der Waals surface area contributed by atoms with Crippen LogP contribution in [0.4, 0.5) is 0 Å². The molecule has 0 aromatic rings. The van der Waals surface area contributed by atoms with Crippen molar-refractivity contribution in [3.05, 3.63) is 24.3 Å². The Bertz CT molecular complexity index is 817. The Morgan fingerprint density at radius 3 is 1.36 bits per heavy atom. The number of carbonyl (C=O) groups excluding carboxylic acids is 2. The van der Waals surface area contributed by atoms with Crippen LogP contribution in [-0.4, -0.2) is 65.7 Å². The van der Waals surface area contributed by atoms with E-state index in [-0.39, 0.29) is 12.8 Å². The number of aliphatic hydroxyl groups is 2. The van der Waals surface area contributed by atoms with Gasteiger partial charge in [0.15, 0.2) is 0 Å². The zero-order chi connectivity index (χ0) is 33.4. The molecule has 264 valence electrons. The summed E-state index contributed by atoms with van der Waals surface area (Å²) in [5, 5.41) is 19.0. The second kappa shape index (κ2) is 31.1. The summed E-state index contributed by atoms with van der Waals surface area (Å²) in [7, 11) is -4.62. The summed E-state index contributed by atoms with van der Waals surface area (Å²) in [5.41, 5.74) is 0. The molecule has 3 atom stereocenters. The third-order valence-electron chi connectivity index (χ3n) is 7.12. The maximum Gasteiger partial charge on any atom is 0.472 e. The van der Waals surface area contributed by atoms with E-state index in [1.165, 1.54) is 19.3 Å². The standard InChI is InChI=1S/C34H63O10P/c1-3-5-7-9-11-13-15-16-18-20-22-24-26-34(38)44-32(28-36)30-42-45(39,40)41-29-31(27-35)43-33(37)25-23-21-19-17-14-12-10-8-6-4-2/h8,10-11,13,31-32,35-36H,3-7,9,12,14-30H2,1-2H3,(H,39,40)/b10-8-,13-11-. The number of unbranched alkanes of at least 4 members (excludes halogenated alkanes) is 14. The molecular formula is C34H63O10P. The SMILES string of the molecule is CCC/C=C\CCCCCCCC(=O)OC(CO)COP(=O)(O)OCC(CO)OC(=O)CCCCCCC/C=C\CCCCC. The van der Waals surface area contributed by atoms with Crippen LogP contribution < -0.4 is 0 Å². The van der Waals surface area contributed by atoms with Crippen LogP contribution in [0.25, 0.3) is 0 Å². The van der Waals surface area contributed by atoms with Gasteiger partial charge >= 0.3 is 19.8 Å². The minimum Gasteiger partial charge on any atom is -0.457 e. The van der Waals surface area contributed by atoms with Crippen LogP contribution >= 0.6 is 7.82 Å². The highest BCUT2D eigenvalue weighted by Crippen LogP contribution is 2.43. The molecule has 0 aromatic carbocycles. The molecule has 3 unspecified atom stereocenters. The number of esters is 2. The van der Waals surface area contributed by atoms with E-state index in [2.05, 4.69) is 38.2 Å². The quantitative estimate of drug-likeness (QED) is 0.0281. The highest BCUT2D eigenvalue weighted by molar-refractivity contribution is 7.47. The first-order chi connectivity index (χ1) is 21.8. The van der Waals surface area contributed by atoms with E-state index in [0.717, 1.165) is 83.5 Å². The van der Waals surface area contributed by atoms with Crippen molar-refractivity contribution in [2.24, 2.45) is 0 Å². The van der Waals surface area contributed by atoms with Gasteiger partial charge < -0.3 is 24.6 Å². The van der Waals surface area contributed by atoms with Gasteiger partial charge in [0.25, 0.3) is 0 Å². The van der Waals surface area contributed by atoms with E-state index in [0.29, 0.717) is 12.8 Å². The normalized spacial score (nSPS) is 14.5. The largest absolute Gasteiger partial charge is 0.472 e. The van der Waals surface area contributed by atoms with Gasteiger partial charge in [0.2, 0.25) is 0 Å². The molecule has 0 spiro atoms. The van der Waals surface area contributed by atoms with Gasteiger partial charge in [-0.3, -0.25) is 18.6 Å². The molecule has 0 bridgehead atoms. The summed E-state index contributed by atoms with van der Waals surface area (Å²) in [6.45, 7) is 2.06. The van der Waals surface area contributed by atoms with E-state index in [4.69, 9.17) is 18.5 Å². The van der Waals surface area contributed by atoms with Crippen molar-refractivity contribution in [1.82, 2.24) is 0 Å². The summed E-state index contributed by atoms with van der Waals surface area (Å²) < 4.78 is 32.3. The van der Waals surface area contributed by atoms with Gasteiger partial charge in [-0.15, -0.1) is 0 Å². The molecule has 0 aromatic heterocycles. The summed E-state index contributed by atoms with van der Waals surface area (Å²) in [5.74, 6) is -1.04. The predicted molar refractivity (Wildman–Crippen MR) is 178 cm³/mol. The second-order valence-electron chi connectivity index (χ2n) is 11.5. The number of hydrogen-bond donors (Lipinski definition) is 3. The number of allylic oxidation sites excluding steroid dienone is 4. The fourth-order valence-corrected chi connectivity index (χ4v) is 5.19. The lowest BCUT2D eigenvalue weighted by atomic mass is 10.1. The molecule has 0 radical (unpaired) electrons. The fraction of sp³-hybridized carbons (Fsp3) is 0.824. The van der Waals surface area contributed by atoms with Gasteiger partial charge in [0.05, 0.1) is 26.4 Å². The summed E-state index contributed by atoms with van der Waals surface area (Å²) in [6, 6.07) is 0. The monoisotopic (exact) mass is 662 g/mol. The lowest BCUT2D eigenvalue weighted by Crippen LogP contribution is -2.28. The maximum atomic E-state index is 12.3. The lowest BCUT2D eigenvalue weighted by Gasteiger charge is -2.20. The Morgan fingerprint density at radius 2 is 0.956 bits per heavy atom. The average molecular weight is 663 g/mol. The van der Waals surface area contributed by atoms with E-state index in [1.54, 1.807) is 0 Å². The maximum absolute atomic E-state index is 12.3. The Balaban J connectivity index is 4.06. The van der Waals surface area contributed by atoms with Crippen LogP contribution in [0.5, 0.6) is 0 Å². The van der Waals surface area contributed by atoms with E-state index in [9.17, 15) is 29.3 Å². The van der Waals surface area contributed by atoms with Crippen molar-refractivity contribution in [3.8, 4) is 0 Å². The van der Waals surface area contributed by atoms with Crippen LogP contribution in [0.2, 0.25) is 0 Å². The highest BCUT2D eigenvalue weighted by Gasteiger charge is 2.27. The number of aliphatic hydroxyl groups excluding tert-OH is 2. The van der Waals surface area contributed by atoms with Crippen molar-refractivity contribution in [2.45, 2.75) is 154 Å².